The van der Waals surface area contributed by atoms with Gasteiger partial charge in [-0.25, -0.2) is 0 Å². The molecule has 2 nitrogen and oxygen atoms in total. The Hall–Kier alpha value is -0.150. The van der Waals surface area contributed by atoms with E-state index in [0.29, 0.717) is 26.9 Å². The number of nitrogens with one attached hydrogen (secondary N) is 1. The van der Waals surface area contributed by atoms with Crippen LogP contribution >= 0.6 is 34.8 Å². The molecule has 0 saturated heterocycles. The van der Waals surface area contributed by atoms with Crippen molar-refractivity contribution in [1.82, 2.24) is 5.32 Å². The summed E-state index contributed by atoms with van der Waals surface area (Å²) in [5.74, 6) is 0.543. The molecule has 1 saturated carbocycles. The van der Waals surface area contributed by atoms with E-state index in [1.54, 1.807) is 12.1 Å². The second kappa shape index (κ2) is 6.95. The lowest BCUT2D eigenvalue weighted by Crippen LogP contribution is -2.63. The van der Waals surface area contributed by atoms with Crippen LogP contribution in [0.1, 0.15) is 40.0 Å². The highest BCUT2D eigenvalue weighted by molar-refractivity contribution is 6.40. The molecule has 0 amide bonds. The van der Waals surface area contributed by atoms with Crippen molar-refractivity contribution in [3.63, 3.8) is 0 Å². The van der Waals surface area contributed by atoms with E-state index < -0.39 is 0 Å². The molecule has 1 aliphatic carbocycles. The van der Waals surface area contributed by atoms with Crippen molar-refractivity contribution in [3.8, 4) is 5.75 Å². The highest BCUT2D eigenvalue weighted by Gasteiger charge is 2.52. The van der Waals surface area contributed by atoms with Crippen LogP contribution in [0.2, 0.25) is 15.1 Å². The second-order valence-electron chi connectivity index (χ2n) is 5.91. The molecule has 0 spiro atoms. The van der Waals surface area contributed by atoms with Crippen molar-refractivity contribution in [1.29, 1.82) is 0 Å². The van der Waals surface area contributed by atoms with Gasteiger partial charge < -0.3 is 10.1 Å². The average molecular weight is 351 g/mol. The summed E-state index contributed by atoms with van der Waals surface area (Å²) in [7, 11) is 0. The predicted molar refractivity (Wildman–Crippen MR) is 91.0 cm³/mol. The molecule has 3 atom stereocenters. The third-order valence-corrected chi connectivity index (χ3v) is 5.39. The van der Waals surface area contributed by atoms with Gasteiger partial charge in [0.25, 0.3) is 0 Å². The largest absolute Gasteiger partial charge is 0.487 e. The Morgan fingerprint density at radius 2 is 1.86 bits per heavy atom. The monoisotopic (exact) mass is 349 g/mol. The van der Waals surface area contributed by atoms with Crippen LogP contribution < -0.4 is 10.1 Å². The van der Waals surface area contributed by atoms with Gasteiger partial charge in [-0.05, 0) is 31.5 Å². The highest BCUT2D eigenvalue weighted by Crippen LogP contribution is 2.48. The van der Waals surface area contributed by atoms with Gasteiger partial charge in [0.1, 0.15) is 6.10 Å². The summed E-state index contributed by atoms with van der Waals surface area (Å²) >= 11 is 18.3. The standard InChI is InChI=1S/C16H22Cl3NO/c1-4-6-20-13-9-14(16(13,3)5-2)21-15-11(18)7-10(17)8-12(15)19/h7-8,13-14,20H,4-6,9H2,1-3H3. The zero-order chi connectivity index (χ0) is 15.6. The van der Waals surface area contributed by atoms with Crippen LogP contribution in [-0.2, 0) is 0 Å². The zero-order valence-electron chi connectivity index (χ0n) is 12.7. The van der Waals surface area contributed by atoms with Gasteiger partial charge in [-0.15, -0.1) is 0 Å². The quantitative estimate of drug-likeness (QED) is 0.723. The number of benzene rings is 1. The van der Waals surface area contributed by atoms with Gasteiger partial charge in [0.05, 0.1) is 10.0 Å². The van der Waals surface area contributed by atoms with E-state index in [2.05, 4.69) is 26.1 Å². The molecule has 0 bridgehead atoms. The summed E-state index contributed by atoms with van der Waals surface area (Å²) in [6.07, 6.45) is 3.27. The Bertz CT molecular complexity index is 485. The Labute approximate surface area is 142 Å². The van der Waals surface area contributed by atoms with E-state index in [1.165, 1.54) is 0 Å². The van der Waals surface area contributed by atoms with Crippen molar-refractivity contribution >= 4 is 34.8 Å². The highest BCUT2D eigenvalue weighted by atomic mass is 35.5. The van der Waals surface area contributed by atoms with Gasteiger partial charge in [-0.2, -0.15) is 0 Å². The summed E-state index contributed by atoms with van der Waals surface area (Å²) in [5, 5.41) is 5.05. The predicted octanol–water partition coefficient (Wildman–Crippen LogP) is 5.58. The fourth-order valence-corrected chi connectivity index (χ4v) is 3.80. The summed E-state index contributed by atoms with van der Waals surface area (Å²) in [5.41, 5.74) is 0.0987. The lowest BCUT2D eigenvalue weighted by Gasteiger charge is -2.53. The first kappa shape index (κ1) is 17.2. The van der Waals surface area contributed by atoms with Crippen LogP contribution in [0.25, 0.3) is 0 Å². The van der Waals surface area contributed by atoms with Crippen LogP contribution in [-0.4, -0.2) is 18.7 Å². The third kappa shape index (κ3) is 3.44. The van der Waals surface area contributed by atoms with Crippen molar-refractivity contribution in [2.24, 2.45) is 5.41 Å². The molecule has 0 radical (unpaired) electrons. The van der Waals surface area contributed by atoms with Crippen LogP contribution in [0.4, 0.5) is 0 Å². The van der Waals surface area contributed by atoms with Gasteiger partial charge in [0.2, 0.25) is 0 Å². The van der Waals surface area contributed by atoms with E-state index in [9.17, 15) is 0 Å². The molecule has 0 aliphatic heterocycles. The number of halogens is 3. The number of hydrogen-bond acceptors (Lipinski definition) is 2. The molecule has 21 heavy (non-hydrogen) atoms. The van der Waals surface area contributed by atoms with Gasteiger partial charge in [-0.3, -0.25) is 0 Å². The molecule has 3 unspecified atom stereocenters. The fraction of sp³-hybridized carbons (Fsp3) is 0.625. The minimum Gasteiger partial charge on any atom is -0.487 e. The smallest absolute Gasteiger partial charge is 0.157 e. The van der Waals surface area contributed by atoms with E-state index >= 15 is 0 Å². The van der Waals surface area contributed by atoms with Crippen LogP contribution in [0.3, 0.4) is 0 Å². The Kier molecular flexibility index (Phi) is 5.70. The number of hydrogen-bond donors (Lipinski definition) is 1. The van der Waals surface area contributed by atoms with E-state index in [1.807, 2.05) is 0 Å². The van der Waals surface area contributed by atoms with Crippen LogP contribution in [0.5, 0.6) is 5.75 Å². The first-order valence-electron chi connectivity index (χ1n) is 7.47. The molecule has 1 aromatic rings. The number of ether oxygens (including phenoxy) is 1. The summed E-state index contributed by atoms with van der Waals surface area (Å²) in [6.45, 7) is 7.67. The molecular formula is C16H22Cl3NO. The Balaban J connectivity index is 2.11. The topological polar surface area (TPSA) is 21.3 Å². The van der Waals surface area contributed by atoms with Gasteiger partial charge >= 0.3 is 0 Å². The maximum atomic E-state index is 6.21. The molecule has 1 aromatic carbocycles. The lowest BCUT2D eigenvalue weighted by atomic mass is 9.61. The zero-order valence-corrected chi connectivity index (χ0v) is 14.9. The fourth-order valence-electron chi connectivity index (χ4n) is 2.89. The second-order valence-corrected chi connectivity index (χ2v) is 7.16. The van der Waals surface area contributed by atoms with Crippen molar-refractivity contribution in [3.05, 3.63) is 27.2 Å². The maximum Gasteiger partial charge on any atom is 0.157 e. The van der Waals surface area contributed by atoms with Crippen molar-refractivity contribution in [2.75, 3.05) is 6.54 Å². The Morgan fingerprint density at radius 3 is 2.38 bits per heavy atom. The summed E-state index contributed by atoms with van der Waals surface area (Å²) in [4.78, 5) is 0. The van der Waals surface area contributed by atoms with Gasteiger partial charge in [-0.1, -0.05) is 55.6 Å². The first-order chi connectivity index (χ1) is 9.92. The van der Waals surface area contributed by atoms with E-state index in [0.717, 1.165) is 25.8 Å². The normalized spacial score (nSPS) is 28.3. The van der Waals surface area contributed by atoms with Gasteiger partial charge in [0.15, 0.2) is 5.75 Å². The minimum atomic E-state index is 0.0987. The molecule has 0 aromatic heterocycles. The molecule has 2 rings (SSSR count). The molecule has 1 fully saturated rings. The van der Waals surface area contributed by atoms with Gasteiger partial charge in [0, 0.05) is 22.9 Å². The molecular weight excluding hydrogens is 329 g/mol. The van der Waals surface area contributed by atoms with Crippen LogP contribution in [0, 0.1) is 5.41 Å². The molecule has 5 heteroatoms. The van der Waals surface area contributed by atoms with E-state index in [4.69, 9.17) is 39.5 Å². The van der Waals surface area contributed by atoms with E-state index in [-0.39, 0.29) is 11.5 Å². The lowest BCUT2D eigenvalue weighted by molar-refractivity contribution is -0.0700. The minimum absolute atomic E-state index is 0.0987. The summed E-state index contributed by atoms with van der Waals surface area (Å²) < 4.78 is 6.12. The maximum absolute atomic E-state index is 6.21. The Morgan fingerprint density at radius 1 is 1.24 bits per heavy atom. The SMILES string of the molecule is CCCNC1CC(Oc2c(Cl)cc(Cl)cc2Cl)C1(C)CC. The summed E-state index contributed by atoms with van der Waals surface area (Å²) in [6, 6.07) is 3.82. The molecule has 0 heterocycles. The molecule has 118 valence electrons. The third-order valence-electron chi connectivity index (χ3n) is 4.61. The first-order valence-corrected chi connectivity index (χ1v) is 8.60. The molecule has 1 aliphatic rings. The number of rotatable bonds is 6. The average Bonchev–Trinajstić information content (AvgIpc) is 2.43. The molecule has 1 N–H and O–H groups in total. The van der Waals surface area contributed by atoms with Crippen LogP contribution in [0.15, 0.2) is 12.1 Å². The van der Waals surface area contributed by atoms with Crippen molar-refractivity contribution in [2.45, 2.75) is 52.2 Å². The van der Waals surface area contributed by atoms with Crippen molar-refractivity contribution < 1.29 is 4.74 Å².